The average molecular weight is 288 g/mol. The Morgan fingerprint density at radius 3 is 2.47 bits per heavy atom. The molecule has 0 spiro atoms. The van der Waals surface area contributed by atoms with Gasteiger partial charge in [0.2, 0.25) is 0 Å². The van der Waals surface area contributed by atoms with Crippen LogP contribution < -0.4 is 5.73 Å². The fourth-order valence-corrected chi connectivity index (χ4v) is 2.74. The van der Waals surface area contributed by atoms with Crippen molar-refractivity contribution in [3.63, 3.8) is 0 Å². The van der Waals surface area contributed by atoms with Gasteiger partial charge in [0.25, 0.3) is 0 Å². The van der Waals surface area contributed by atoms with E-state index in [4.69, 9.17) is 17.3 Å². The zero-order valence-electron chi connectivity index (χ0n) is 9.88. The van der Waals surface area contributed by atoms with Crippen LogP contribution in [0.1, 0.15) is 0 Å². The third-order valence-electron chi connectivity index (χ3n) is 2.61. The lowest BCUT2D eigenvalue weighted by atomic mass is 10.1. The molecule has 3 rings (SSSR count). The Morgan fingerprint density at radius 1 is 1.00 bits per heavy atom. The maximum absolute atomic E-state index is 5.94. The van der Waals surface area contributed by atoms with E-state index in [-0.39, 0.29) is 0 Å². The minimum Gasteiger partial charge on any atom is -0.384 e. The van der Waals surface area contributed by atoms with E-state index in [9.17, 15) is 0 Å². The molecule has 2 aromatic heterocycles. The van der Waals surface area contributed by atoms with E-state index in [1.807, 2.05) is 42.5 Å². The number of thiophene rings is 1. The van der Waals surface area contributed by atoms with Crippen molar-refractivity contribution in [1.29, 1.82) is 0 Å². The van der Waals surface area contributed by atoms with E-state index >= 15 is 0 Å². The molecular formula is C14H10ClN3S. The van der Waals surface area contributed by atoms with Gasteiger partial charge in [-0.3, -0.25) is 0 Å². The monoisotopic (exact) mass is 287 g/mol. The largest absolute Gasteiger partial charge is 0.384 e. The molecule has 0 saturated carbocycles. The third kappa shape index (κ3) is 2.59. The molecule has 0 atom stereocenters. The molecule has 1 aromatic carbocycles. The van der Waals surface area contributed by atoms with Crippen LogP contribution in [0.4, 0.5) is 5.82 Å². The van der Waals surface area contributed by atoms with Crippen molar-refractivity contribution in [2.45, 2.75) is 0 Å². The molecule has 0 bridgehead atoms. The Hall–Kier alpha value is -1.91. The second-order valence-electron chi connectivity index (χ2n) is 3.97. The van der Waals surface area contributed by atoms with E-state index in [1.165, 1.54) is 11.3 Å². The third-order valence-corrected chi connectivity index (χ3v) is 3.84. The van der Waals surface area contributed by atoms with Crippen LogP contribution >= 0.6 is 22.9 Å². The lowest BCUT2D eigenvalue weighted by Crippen LogP contribution is -1.96. The molecule has 0 aliphatic rings. The summed E-state index contributed by atoms with van der Waals surface area (Å²) in [6, 6.07) is 15.4. The summed E-state index contributed by atoms with van der Waals surface area (Å²) in [4.78, 5) is 9.72. The number of nitrogens with two attached hydrogens (primary N) is 1. The predicted molar refractivity (Wildman–Crippen MR) is 80.2 cm³/mol. The summed E-state index contributed by atoms with van der Waals surface area (Å²) in [5.41, 5.74) is 7.69. The Bertz CT molecular complexity index is 710. The van der Waals surface area contributed by atoms with Gasteiger partial charge in [0, 0.05) is 11.6 Å². The Labute approximate surface area is 119 Å². The summed E-state index contributed by atoms with van der Waals surface area (Å²) in [6.07, 6.45) is 0. The number of benzene rings is 1. The van der Waals surface area contributed by atoms with Crippen molar-refractivity contribution in [2.24, 2.45) is 0 Å². The van der Waals surface area contributed by atoms with Crippen molar-refractivity contribution in [1.82, 2.24) is 9.97 Å². The number of nitrogens with zero attached hydrogens (tertiary/aromatic N) is 2. The lowest BCUT2D eigenvalue weighted by Gasteiger charge is -2.04. The van der Waals surface area contributed by atoms with Crippen LogP contribution in [0, 0.1) is 0 Å². The van der Waals surface area contributed by atoms with E-state index in [0.29, 0.717) is 16.0 Å². The summed E-state index contributed by atoms with van der Waals surface area (Å²) in [5.74, 6) is 1.06. The van der Waals surface area contributed by atoms with Crippen LogP contribution in [0.3, 0.4) is 0 Å². The quantitative estimate of drug-likeness (QED) is 0.772. The van der Waals surface area contributed by atoms with Gasteiger partial charge in [0.1, 0.15) is 5.82 Å². The number of rotatable bonds is 2. The van der Waals surface area contributed by atoms with Gasteiger partial charge in [-0.05, 0) is 12.1 Å². The molecular weight excluding hydrogens is 278 g/mol. The second-order valence-corrected chi connectivity index (χ2v) is 5.69. The minimum absolute atomic E-state index is 0.452. The molecule has 0 saturated heterocycles. The highest BCUT2D eigenvalue weighted by atomic mass is 35.5. The van der Waals surface area contributed by atoms with Crippen molar-refractivity contribution >= 4 is 28.8 Å². The van der Waals surface area contributed by atoms with Crippen LogP contribution in [0.15, 0.2) is 48.5 Å². The summed E-state index contributed by atoms with van der Waals surface area (Å²) in [6.45, 7) is 0. The van der Waals surface area contributed by atoms with Gasteiger partial charge in [0.15, 0.2) is 5.82 Å². The fourth-order valence-electron chi connectivity index (χ4n) is 1.77. The number of halogens is 1. The number of nitrogen functional groups attached to an aromatic ring is 1. The van der Waals surface area contributed by atoms with Gasteiger partial charge in [0.05, 0.1) is 14.9 Å². The van der Waals surface area contributed by atoms with Gasteiger partial charge in [-0.25, -0.2) is 9.97 Å². The van der Waals surface area contributed by atoms with Gasteiger partial charge in [-0.15, -0.1) is 11.3 Å². The highest BCUT2D eigenvalue weighted by molar-refractivity contribution is 7.19. The summed E-state index contributed by atoms with van der Waals surface area (Å²) >= 11 is 7.38. The first-order valence-electron chi connectivity index (χ1n) is 5.68. The van der Waals surface area contributed by atoms with Gasteiger partial charge in [-0.1, -0.05) is 41.9 Å². The maximum atomic E-state index is 5.94. The maximum Gasteiger partial charge on any atom is 0.172 e. The molecule has 2 heterocycles. The molecule has 5 heteroatoms. The molecule has 0 unspecified atom stereocenters. The summed E-state index contributed by atoms with van der Waals surface area (Å²) in [7, 11) is 0. The molecule has 0 amide bonds. The molecule has 0 aliphatic carbocycles. The lowest BCUT2D eigenvalue weighted by molar-refractivity contribution is 1.20. The number of aromatic nitrogens is 2. The van der Waals surface area contributed by atoms with E-state index in [0.717, 1.165) is 16.1 Å². The first-order valence-corrected chi connectivity index (χ1v) is 6.87. The van der Waals surface area contributed by atoms with Crippen LogP contribution in [0.2, 0.25) is 4.34 Å². The van der Waals surface area contributed by atoms with Gasteiger partial charge < -0.3 is 5.73 Å². The Morgan fingerprint density at radius 2 is 1.79 bits per heavy atom. The minimum atomic E-state index is 0.452. The standard InChI is InChI=1S/C14H10ClN3S/c15-12-7-6-11(19-12)14-17-10(8-13(16)18-14)9-4-2-1-3-5-9/h1-8H,(H2,16,17,18). The Balaban J connectivity index is 2.11. The van der Waals surface area contributed by atoms with Crippen molar-refractivity contribution in [3.8, 4) is 22.0 Å². The molecule has 0 radical (unpaired) electrons. The molecule has 19 heavy (non-hydrogen) atoms. The predicted octanol–water partition coefficient (Wildman–Crippen LogP) is 4.11. The topological polar surface area (TPSA) is 51.8 Å². The molecule has 3 nitrogen and oxygen atoms in total. The number of hydrogen-bond acceptors (Lipinski definition) is 4. The zero-order chi connectivity index (χ0) is 13.2. The number of hydrogen-bond donors (Lipinski definition) is 1. The summed E-state index contributed by atoms with van der Waals surface area (Å²) < 4.78 is 0.710. The smallest absolute Gasteiger partial charge is 0.172 e. The van der Waals surface area contributed by atoms with Crippen molar-refractivity contribution in [3.05, 3.63) is 52.9 Å². The summed E-state index contributed by atoms with van der Waals surface area (Å²) in [5, 5.41) is 0. The van der Waals surface area contributed by atoms with E-state index < -0.39 is 0 Å². The highest BCUT2D eigenvalue weighted by Crippen LogP contribution is 2.30. The molecule has 94 valence electrons. The van der Waals surface area contributed by atoms with Crippen molar-refractivity contribution in [2.75, 3.05) is 5.73 Å². The first kappa shape index (κ1) is 12.1. The fraction of sp³-hybridized carbons (Fsp3) is 0. The average Bonchev–Trinajstić information content (AvgIpc) is 2.86. The first-order chi connectivity index (χ1) is 9.22. The van der Waals surface area contributed by atoms with Crippen LogP contribution in [-0.4, -0.2) is 9.97 Å². The Kier molecular flexibility index (Phi) is 3.19. The zero-order valence-corrected chi connectivity index (χ0v) is 11.4. The molecule has 2 N–H and O–H groups in total. The SMILES string of the molecule is Nc1cc(-c2ccccc2)nc(-c2ccc(Cl)s2)n1. The molecule has 3 aromatic rings. The number of anilines is 1. The van der Waals surface area contributed by atoms with E-state index in [2.05, 4.69) is 9.97 Å². The molecule has 0 aliphatic heterocycles. The van der Waals surface area contributed by atoms with Gasteiger partial charge in [-0.2, -0.15) is 0 Å². The molecule has 0 fully saturated rings. The van der Waals surface area contributed by atoms with E-state index in [1.54, 1.807) is 6.07 Å². The second kappa shape index (κ2) is 4.99. The van der Waals surface area contributed by atoms with Crippen LogP contribution in [0.25, 0.3) is 22.0 Å². The van der Waals surface area contributed by atoms with Crippen LogP contribution in [-0.2, 0) is 0 Å². The van der Waals surface area contributed by atoms with Crippen LogP contribution in [0.5, 0.6) is 0 Å². The van der Waals surface area contributed by atoms with Gasteiger partial charge >= 0.3 is 0 Å². The van der Waals surface area contributed by atoms with Crippen molar-refractivity contribution < 1.29 is 0 Å². The highest BCUT2D eigenvalue weighted by Gasteiger charge is 2.09. The normalized spacial score (nSPS) is 10.6.